The lowest BCUT2D eigenvalue weighted by atomic mass is 10.0. The molecule has 1 aliphatic heterocycles. The molecule has 2 aromatic rings. The van der Waals surface area contributed by atoms with E-state index in [9.17, 15) is 9.59 Å². The van der Waals surface area contributed by atoms with Crippen LogP contribution in [0.4, 0.5) is 0 Å². The second-order valence-electron chi connectivity index (χ2n) is 6.67. The SMILES string of the molecule is COCCC(=O)N1CCC[C@@H]1c1nc(C)c(Cc2ccccc2)c(=O)[nH]1. The summed E-state index contributed by atoms with van der Waals surface area (Å²) >= 11 is 0. The highest BCUT2D eigenvalue weighted by Crippen LogP contribution is 2.30. The molecule has 0 saturated carbocycles. The van der Waals surface area contributed by atoms with E-state index in [1.165, 1.54) is 0 Å². The third-order valence-electron chi connectivity index (χ3n) is 4.87. The second kappa shape index (κ2) is 8.27. The maximum absolute atomic E-state index is 12.7. The molecule has 1 aromatic heterocycles. The number of hydrogen-bond acceptors (Lipinski definition) is 4. The van der Waals surface area contributed by atoms with Crippen LogP contribution in [0.2, 0.25) is 0 Å². The van der Waals surface area contributed by atoms with E-state index >= 15 is 0 Å². The van der Waals surface area contributed by atoms with E-state index in [2.05, 4.69) is 9.97 Å². The fraction of sp³-hybridized carbons (Fsp3) is 0.450. The minimum Gasteiger partial charge on any atom is -0.384 e. The van der Waals surface area contributed by atoms with Crippen molar-refractivity contribution in [1.82, 2.24) is 14.9 Å². The predicted octanol–water partition coefficient (Wildman–Crippen LogP) is 2.37. The highest BCUT2D eigenvalue weighted by Gasteiger charge is 2.31. The van der Waals surface area contributed by atoms with Crippen LogP contribution in [0.3, 0.4) is 0 Å². The zero-order chi connectivity index (χ0) is 18.5. The van der Waals surface area contributed by atoms with Gasteiger partial charge in [-0.2, -0.15) is 0 Å². The van der Waals surface area contributed by atoms with Crippen LogP contribution in [0.1, 0.15) is 47.9 Å². The summed E-state index contributed by atoms with van der Waals surface area (Å²) in [4.78, 5) is 34.4. The van der Waals surface area contributed by atoms with Gasteiger partial charge in [0.15, 0.2) is 0 Å². The average Bonchev–Trinajstić information content (AvgIpc) is 3.13. The van der Waals surface area contributed by atoms with Crippen LogP contribution in [-0.2, 0) is 16.0 Å². The Morgan fingerprint density at radius 2 is 2.12 bits per heavy atom. The third-order valence-corrected chi connectivity index (χ3v) is 4.87. The second-order valence-corrected chi connectivity index (χ2v) is 6.67. The van der Waals surface area contributed by atoms with Gasteiger partial charge < -0.3 is 14.6 Å². The van der Waals surface area contributed by atoms with E-state index in [-0.39, 0.29) is 17.5 Å². The highest BCUT2D eigenvalue weighted by molar-refractivity contribution is 5.77. The number of rotatable bonds is 6. The van der Waals surface area contributed by atoms with E-state index < -0.39 is 0 Å². The van der Waals surface area contributed by atoms with Crippen molar-refractivity contribution in [3.63, 3.8) is 0 Å². The van der Waals surface area contributed by atoms with Crippen LogP contribution in [0, 0.1) is 6.92 Å². The smallest absolute Gasteiger partial charge is 0.254 e. The topological polar surface area (TPSA) is 75.3 Å². The Hall–Kier alpha value is -2.47. The lowest BCUT2D eigenvalue weighted by molar-refractivity contribution is -0.133. The number of ether oxygens (including phenoxy) is 1. The number of nitrogens with one attached hydrogen (secondary N) is 1. The lowest BCUT2D eigenvalue weighted by Gasteiger charge is -2.24. The Morgan fingerprint density at radius 3 is 2.81 bits per heavy atom. The Balaban J connectivity index is 1.83. The number of likely N-dealkylation sites (tertiary alicyclic amines) is 1. The summed E-state index contributed by atoms with van der Waals surface area (Å²) in [5, 5.41) is 0. The summed E-state index contributed by atoms with van der Waals surface area (Å²) < 4.78 is 5.00. The fourth-order valence-corrected chi connectivity index (χ4v) is 3.48. The minimum atomic E-state index is -0.156. The molecular weight excluding hydrogens is 330 g/mol. The van der Waals surface area contributed by atoms with Gasteiger partial charge in [-0.1, -0.05) is 30.3 Å². The first-order chi connectivity index (χ1) is 12.6. The number of nitrogens with zero attached hydrogens (tertiary/aromatic N) is 2. The summed E-state index contributed by atoms with van der Waals surface area (Å²) in [6.45, 7) is 2.96. The zero-order valence-electron chi connectivity index (χ0n) is 15.3. The quantitative estimate of drug-likeness (QED) is 0.863. The van der Waals surface area contributed by atoms with Crippen LogP contribution in [0.5, 0.6) is 0 Å². The Morgan fingerprint density at radius 1 is 1.35 bits per heavy atom. The number of aromatic nitrogens is 2. The molecule has 0 bridgehead atoms. The molecule has 1 N–H and O–H groups in total. The summed E-state index contributed by atoms with van der Waals surface area (Å²) in [6, 6.07) is 9.72. The number of carbonyl (C=O) groups excluding carboxylic acids is 1. The molecule has 6 heteroatoms. The van der Waals surface area contributed by atoms with Gasteiger partial charge in [0.25, 0.3) is 5.56 Å². The van der Waals surface area contributed by atoms with Crippen molar-refractivity contribution in [2.45, 2.75) is 38.6 Å². The van der Waals surface area contributed by atoms with Gasteiger partial charge in [-0.25, -0.2) is 4.98 Å². The minimum absolute atomic E-state index is 0.0445. The molecule has 6 nitrogen and oxygen atoms in total. The van der Waals surface area contributed by atoms with Gasteiger partial charge in [0.1, 0.15) is 5.82 Å². The molecule has 1 aliphatic rings. The molecular formula is C20H25N3O3. The van der Waals surface area contributed by atoms with Crippen LogP contribution in [0.15, 0.2) is 35.1 Å². The summed E-state index contributed by atoms with van der Waals surface area (Å²) in [6.07, 6.45) is 2.63. The van der Waals surface area contributed by atoms with Crippen molar-refractivity contribution in [1.29, 1.82) is 0 Å². The molecule has 1 amide bonds. The highest BCUT2D eigenvalue weighted by atomic mass is 16.5. The fourth-order valence-electron chi connectivity index (χ4n) is 3.48. The van der Waals surface area contributed by atoms with Crippen molar-refractivity contribution < 1.29 is 9.53 Å². The number of aromatic amines is 1. The number of H-pyrrole nitrogens is 1. The van der Waals surface area contributed by atoms with E-state index in [1.807, 2.05) is 42.2 Å². The van der Waals surface area contributed by atoms with Gasteiger partial charge >= 0.3 is 0 Å². The van der Waals surface area contributed by atoms with Crippen molar-refractivity contribution in [2.75, 3.05) is 20.3 Å². The van der Waals surface area contributed by atoms with Gasteiger partial charge in [-0.15, -0.1) is 0 Å². The number of amides is 1. The van der Waals surface area contributed by atoms with Gasteiger partial charge in [0.05, 0.1) is 19.1 Å². The normalized spacial score (nSPS) is 16.8. The van der Waals surface area contributed by atoms with Crippen LogP contribution in [0.25, 0.3) is 0 Å². The Kier molecular flexibility index (Phi) is 5.83. The molecule has 2 heterocycles. The van der Waals surface area contributed by atoms with E-state index in [0.717, 1.165) is 24.1 Å². The number of aryl methyl sites for hydroxylation is 1. The summed E-state index contributed by atoms with van der Waals surface area (Å²) in [5.41, 5.74) is 2.36. The van der Waals surface area contributed by atoms with Crippen molar-refractivity contribution in [3.05, 3.63) is 63.3 Å². The molecule has 138 valence electrons. The van der Waals surface area contributed by atoms with Crippen molar-refractivity contribution in [3.8, 4) is 0 Å². The largest absolute Gasteiger partial charge is 0.384 e. The monoisotopic (exact) mass is 355 g/mol. The molecule has 1 aromatic carbocycles. The predicted molar refractivity (Wildman–Crippen MR) is 99.0 cm³/mol. The average molecular weight is 355 g/mol. The summed E-state index contributed by atoms with van der Waals surface area (Å²) in [5.74, 6) is 0.635. The first-order valence-electron chi connectivity index (χ1n) is 9.02. The van der Waals surface area contributed by atoms with E-state index in [4.69, 9.17) is 4.74 Å². The maximum Gasteiger partial charge on any atom is 0.254 e. The van der Waals surface area contributed by atoms with Crippen LogP contribution in [-0.4, -0.2) is 41.0 Å². The Labute approximate surface area is 153 Å². The van der Waals surface area contributed by atoms with E-state index in [0.29, 0.717) is 37.4 Å². The first kappa shape index (κ1) is 18.3. The van der Waals surface area contributed by atoms with Gasteiger partial charge in [0.2, 0.25) is 5.91 Å². The van der Waals surface area contributed by atoms with Crippen LogP contribution >= 0.6 is 0 Å². The molecule has 1 atom stereocenters. The van der Waals surface area contributed by atoms with Gasteiger partial charge in [0, 0.05) is 31.3 Å². The standard InChI is InChI=1S/C20H25N3O3/c1-14-16(13-15-7-4-3-5-8-15)20(25)22-19(21-14)17-9-6-11-23(17)18(24)10-12-26-2/h3-5,7-8,17H,6,9-13H2,1-2H3,(H,21,22,25)/t17-/m1/s1. The molecule has 1 saturated heterocycles. The molecule has 0 radical (unpaired) electrons. The molecule has 0 unspecified atom stereocenters. The van der Waals surface area contributed by atoms with Crippen LogP contribution < -0.4 is 5.56 Å². The number of methoxy groups -OCH3 is 1. The van der Waals surface area contributed by atoms with E-state index in [1.54, 1.807) is 7.11 Å². The van der Waals surface area contributed by atoms with Gasteiger partial charge in [-0.05, 0) is 25.3 Å². The number of benzene rings is 1. The molecule has 1 fully saturated rings. The van der Waals surface area contributed by atoms with Gasteiger partial charge in [-0.3, -0.25) is 9.59 Å². The molecule has 26 heavy (non-hydrogen) atoms. The first-order valence-corrected chi connectivity index (χ1v) is 9.02. The molecule has 0 aliphatic carbocycles. The maximum atomic E-state index is 12.7. The zero-order valence-corrected chi connectivity index (χ0v) is 15.3. The van der Waals surface area contributed by atoms with Crippen molar-refractivity contribution in [2.24, 2.45) is 0 Å². The van der Waals surface area contributed by atoms with Crippen molar-refractivity contribution >= 4 is 5.91 Å². The lowest BCUT2D eigenvalue weighted by Crippen LogP contribution is -2.33. The Bertz CT molecular complexity index is 817. The summed E-state index contributed by atoms with van der Waals surface area (Å²) in [7, 11) is 1.59. The third kappa shape index (κ3) is 4.02. The number of hydrogen-bond donors (Lipinski definition) is 1. The number of carbonyl (C=O) groups is 1. The molecule has 3 rings (SSSR count). The molecule has 0 spiro atoms.